The van der Waals surface area contributed by atoms with Gasteiger partial charge in [0.15, 0.2) is 0 Å². The maximum absolute atomic E-state index is 10.4. The molecular formula is C22H39ClNO2-. The van der Waals surface area contributed by atoms with Crippen molar-refractivity contribution >= 4 is 0 Å². The molecule has 1 aliphatic heterocycles. The maximum Gasteiger partial charge on any atom is 0.0900 e. The van der Waals surface area contributed by atoms with Crippen molar-refractivity contribution in [3.8, 4) is 0 Å². The van der Waals surface area contributed by atoms with E-state index in [1.807, 2.05) is 0 Å². The number of aliphatic hydroxyl groups excluding tert-OH is 1. The first-order chi connectivity index (χ1) is 12.0. The van der Waals surface area contributed by atoms with Crippen LogP contribution < -0.4 is 12.4 Å². The zero-order valence-corrected chi connectivity index (χ0v) is 17.6. The number of hydrogen-bond donors (Lipinski definition) is 1. The van der Waals surface area contributed by atoms with E-state index in [4.69, 9.17) is 4.74 Å². The molecule has 0 amide bonds. The molecule has 4 heteroatoms. The van der Waals surface area contributed by atoms with Gasteiger partial charge in [-0.1, -0.05) is 6.42 Å². The van der Waals surface area contributed by atoms with Crippen LogP contribution in [0.2, 0.25) is 0 Å². The molecule has 152 valence electrons. The van der Waals surface area contributed by atoms with E-state index >= 15 is 0 Å². The number of nitrogens with zero attached hydrogens (tertiary/aromatic N) is 1. The molecule has 4 bridgehead atoms. The largest absolute Gasteiger partial charge is 1.00 e. The Labute approximate surface area is 166 Å². The Hall–Kier alpha value is 0.170. The lowest BCUT2D eigenvalue weighted by molar-refractivity contribution is -0.0754. The van der Waals surface area contributed by atoms with E-state index in [2.05, 4.69) is 18.7 Å². The highest BCUT2D eigenvalue weighted by Gasteiger charge is 2.50. The minimum absolute atomic E-state index is 0. The summed E-state index contributed by atoms with van der Waals surface area (Å²) < 4.78 is 5.97. The number of β-amino-alcohol motifs (C(OH)–C–C–N with tert-alkyl or cyclic N) is 1. The van der Waals surface area contributed by atoms with Crippen molar-refractivity contribution in [3.63, 3.8) is 0 Å². The molecule has 1 saturated heterocycles. The molecule has 3 atom stereocenters. The number of likely N-dealkylation sites (tertiary alicyclic amines) is 1. The van der Waals surface area contributed by atoms with Gasteiger partial charge in [-0.25, -0.2) is 0 Å². The summed E-state index contributed by atoms with van der Waals surface area (Å²) in [6, 6.07) is 1.20. The predicted molar refractivity (Wildman–Crippen MR) is 102 cm³/mol. The molecule has 4 aliphatic carbocycles. The van der Waals surface area contributed by atoms with Crippen molar-refractivity contribution in [2.75, 3.05) is 19.8 Å². The molecule has 0 spiro atoms. The van der Waals surface area contributed by atoms with Crippen LogP contribution in [0, 0.1) is 23.2 Å². The average molecular weight is 385 g/mol. The Morgan fingerprint density at radius 1 is 1.00 bits per heavy atom. The molecule has 0 aromatic heterocycles. The lowest BCUT2D eigenvalue weighted by Crippen LogP contribution is -3.00. The highest BCUT2D eigenvalue weighted by atomic mass is 35.5. The molecule has 1 heterocycles. The molecular weight excluding hydrogens is 346 g/mol. The lowest BCUT2D eigenvalue weighted by Gasteiger charge is -2.57. The SMILES string of the molecule is CC1CCCC(C)N1CC(O)COCCC12CC3CC(CC(C3)C1)C2.[Cl-]. The second kappa shape index (κ2) is 8.68. The third kappa shape index (κ3) is 4.59. The number of rotatable bonds is 7. The topological polar surface area (TPSA) is 32.7 Å². The molecule has 3 nitrogen and oxygen atoms in total. The number of aliphatic hydroxyl groups is 1. The second-order valence-electron chi connectivity index (χ2n) is 10.2. The van der Waals surface area contributed by atoms with Gasteiger partial charge in [0.05, 0.1) is 12.7 Å². The van der Waals surface area contributed by atoms with Gasteiger partial charge in [-0.3, -0.25) is 4.90 Å². The van der Waals surface area contributed by atoms with Crippen LogP contribution in [-0.4, -0.2) is 48.0 Å². The summed E-state index contributed by atoms with van der Waals surface area (Å²) in [5.74, 6) is 3.08. The summed E-state index contributed by atoms with van der Waals surface area (Å²) in [7, 11) is 0. The van der Waals surface area contributed by atoms with E-state index in [1.165, 1.54) is 64.2 Å². The Balaban J connectivity index is 0.00000196. The van der Waals surface area contributed by atoms with Crippen molar-refractivity contribution in [1.29, 1.82) is 0 Å². The van der Waals surface area contributed by atoms with Crippen molar-refractivity contribution in [3.05, 3.63) is 0 Å². The summed E-state index contributed by atoms with van der Waals surface area (Å²) in [5.41, 5.74) is 0.607. The second-order valence-corrected chi connectivity index (χ2v) is 10.2. The van der Waals surface area contributed by atoms with E-state index in [-0.39, 0.29) is 18.5 Å². The van der Waals surface area contributed by atoms with Crippen LogP contribution in [-0.2, 0) is 4.74 Å². The monoisotopic (exact) mass is 384 g/mol. The predicted octanol–water partition coefficient (Wildman–Crippen LogP) is 1.24. The van der Waals surface area contributed by atoms with Gasteiger partial charge in [0.25, 0.3) is 0 Å². The number of ether oxygens (including phenoxy) is 1. The molecule has 0 radical (unpaired) electrons. The van der Waals surface area contributed by atoms with Crippen molar-refractivity contribution in [2.45, 2.75) is 96.2 Å². The number of halogens is 1. The van der Waals surface area contributed by atoms with Crippen molar-refractivity contribution in [1.82, 2.24) is 4.90 Å². The van der Waals surface area contributed by atoms with Gasteiger partial charge in [-0.15, -0.1) is 0 Å². The van der Waals surface area contributed by atoms with Gasteiger partial charge in [-0.05, 0) is 94.8 Å². The van der Waals surface area contributed by atoms with Gasteiger partial charge >= 0.3 is 0 Å². The van der Waals surface area contributed by atoms with Gasteiger partial charge < -0.3 is 22.3 Å². The van der Waals surface area contributed by atoms with E-state index in [9.17, 15) is 5.11 Å². The minimum Gasteiger partial charge on any atom is -1.00 e. The smallest absolute Gasteiger partial charge is 0.0900 e. The minimum atomic E-state index is -0.334. The number of piperidine rings is 1. The van der Waals surface area contributed by atoms with Gasteiger partial charge in [-0.2, -0.15) is 0 Å². The summed E-state index contributed by atoms with van der Waals surface area (Å²) in [6.07, 6.45) is 13.7. The van der Waals surface area contributed by atoms with Crippen LogP contribution in [0.15, 0.2) is 0 Å². The van der Waals surface area contributed by atoms with Crippen LogP contribution in [0.5, 0.6) is 0 Å². The first-order valence-corrected chi connectivity index (χ1v) is 11.0. The zero-order valence-electron chi connectivity index (χ0n) is 16.8. The molecule has 4 saturated carbocycles. The fraction of sp³-hybridized carbons (Fsp3) is 1.00. The summed E-state index contributed by atoms with van der Waals surface area (Å²) in [4.78, 5) is 2.48. The number of hydrogen-bond acceptors (Lipinski definition) is 3. The Bertz CT molecular complexity index is 412. The standard InChI is InChI=1S/C22H39NO2.ClH/c1-16-4-3-5-17(2)23(16)14-21(24)15-25-7-6-22-11-18-8-19(12-22)10-20(9-18)13-22;/h16-21,24H,3-15H2,1-2H3;1H/p-1. The van der Waals surface area contributed by atoms with Crippen LogP contribution in [0.4, 0.5) is 0 Å². The van der Waals surface area contributed by atoms with Crippen molar-refractivity contribution in [2.24, 2.45) is 23.2 Å². The average Bonchev–Trinajstić information content (AvgIpc) is 2.54. The fourth-order valence-electron chi connectivity index (χ4n) is 7.23. The highest BCUT2D eigenvalue weighted by Crippen LogP contribution is 2.61. The van der Waals surface area contributed by atoms with Crippen LogP contribution in [0.3, 0.4) is 0 Å². The molecule has 0 aromatic rings. The van der Waals surface area contributed by atoms with Crippen LogP contribution >= 0.6 is 0 Å². The van der Waals surface area contributed by atoms with Gasteiger partial charge in [0, 0.05) is 25.2 Å². The highest BCUT2D eigenvalue weighted by molar-refractivity contribution is 5.01. The molecule has 5 fully saturated rings. The zero-order chi connectivity index (χ0) is 17.4. The summed E-state index contributed by atoms with van der Waals surface area (Å²) in [6.45, 7) is 6.75. The normalized spacial score (nSPS) is 43.3. The third-order valence-electron chi connectivity index (χ3n) is 8.05. The molecule has 5 aliphatic rings. The lowest BCUT2D eigenvalue weighted by atomic mass is 9.49. The third-order valence-corrected chi connectivity index (χ3v) is 8.05. The molecule has 0 aromatic carbocycles. The molecule has 5 rings (SSSR count). The summed E-state index contributed by atoms with van der Waals surface area (Å²) >= 11 is 0. The molecule has 26 heavy (non-hydrogen) atoms. The van der Waals surface area contributed by atoms with E-state index in [0.717, 1.165) is 30.9 Å². The van der Waals surface area contributed by atoms with Gasteiger partial charge in [0.1, 0.15) is 0 Å². The first kappa shape index (κ1) is 20.9. The quantitative estimate of drug-likeness (QED) is 0.670. The van der Waals surface area contributed by atoms with E-state index in [0.29, 0.717) is 24.1 Å². The Kier molecular flexibility index (Phi) is 6.97. The Morgan fingerprint density at radius 2 is 1.54 bits per heavy atom. The molecule has 3 unspecified atom stereocenters. The fourth-order valence-corrected chi connectivity index (χ4v) is 7.23. The van der Waals surface area contributed by atoms with E-state index < -0.39 is 0 Å². The van der Waals surface area contributed by atoms with E-state index in [1.54, 1.807) is 0 Å². The van der Waals surface area contributed by atoms with Crippen LogP contribution in [0.1, 0.15) is 78.1 Å². The summed E-state index contributed by atoms with van der Waals surface area (Å²) in [5, 5.41) is 10.4. The van der Waals surface area contributed by atoms with Crippen molar-refractivity contribution < 1.29 is 22.3 Å². The Morgan fingerprint density at radius 3 is 2.08 bits per heavy atom. The van der Waals surface area contributed by atoms with Crippen LogP contribution in [0.25, 0.3) is 0 Å². The maximum atomic E-state index is 10.4. The molecule has 1 N–H and O–H groups in total. The first-order valence-electron chi connectivity index (χ1n) is 11.0. The van der Waals surface area contributed by atoms with Gasteiger partial charge in [0.2, 0.25) is 0 Å².